The van der Waals surface area contributed by atoms with Crippen molar-refractivity contribution in [2.75, 3.05) is 103 Å². The van der Waals surface area contributed by atoms with Crippen molar-refractivity contribution < 1.29 is 159 Å². The summed E-state index contributed by atoms with van der Waals surface area (Å²) in [7, 11) is 23.9. The number of nitrogens with two attached hydrogens (primary N) is 1. The summed E-state index contributed by atoms with van der Waals surface area (Å²) in [6, 6.07) is 33.3. The van der Waals surface area contributed by atoms with Crippen LogP contribution in [0.15, 0.2) is 121 Å². The molecule has 0 aromatic heterocycles. The minimum absolute atomic E-state index is 0.0951. The molecule has 0 bridgehead atoms. The Labute approximate surface area is 716 Å². The molecular weight excluding hydrogens is 1880 g/mol. The number of hydrogen-bond donors (Lipinski definition) is 5. The van der Waals surface area contributed by atoms with Gasteiger partial charge in [-0.15, -0.1) is 0 Å². The fourth-order valence-corrected chi connectivity index (χ4v) is 15.1. The molecule has 9 rings (SSSR count). The molecular formula is C71H101B5F2I2NO32P5. The van der Waals surface area contributed by atoms with Gasteiger partial charge in [0.2, 0.25) is 0 Å². The van der Waals surface area contributed by atoms with Gasteiger partial charge in [0.1, 0.15) is 55.3 Å². The van der Waals surface area contributed by atoms with E-state index in [0.717, 1.165) is 7.11 Å². The van der Waals surface area contributed by atoms with Crippen molar-refractivity contribution in [3.63, 3.8) is 0 Å². The Hall–Kier alpha value is -3.54. The molecule has 0 saturated heterocycles. The maximum atomic E-state index is 15.0. The normalized spacial score (nSPS) is 28.9. The van der Waals surface area contributed by atoms with Crippen LogP contribution in [0.3, 0.4) is 0 Å². The predicted molar refractivity (Wildman–Crippen MR) is 450 cm³/mol. The van der Waals surface area contributed by atoms with Gasteiger partial charge in [0.05, 0.1) is 97.6 Å². The first-order valence-corrected chi connectivity index (χ1v) is 50.7. The lowest BCUT2D eigenvalue weighted by Crippen LogP contribution is -2.45. The lowest BCUT2D eigenvalue weighted by atomic mass is 9.76. The Kier molecular flexibility index (Phi) is 47.1. The third-order valence-corrected chi connectivity index (χ3v) is 26.6. The molecule has 10 radical (unpaired) electrons. The topological polar surface area (TPSA) is 444 Å². The van der Waals surface area contributed by atoms with Crippen molar-refractivity contribution in [2.24, 2.45) is 5.73 Å². The summed E-state index contributed by atoms with van der Waals surface area (Å²) in [6.45, 7) is 3.92. The van der Waals surface area contributed by atoms with Gasteiger partial charge in [-0.05, 0) is 138 Å². The summed E-state index contributed by atoms with van der Waals surface area (Å²) in [5.74, 6) is -6.81. The quantitative estimate of drug-likeness (QED) is 0.00996. The van der Waals surface area contributed by atoms with Gasteiger partial charge in [0, 0.05) is 101 Å². The van der Waals surface area contributed by atoms with Gasteiger partial charge in [0.15, 0.2) is 30.2 Å². The Balaban J connectivity index is 0.000000380. The lowest BCUT2D eigenvalue weighted by Gasteiger charge is -2.31. The largest absolute Gasteiger partial charge is 0.453 e. The molecule has 118 heavy (non-hydrogen) atoms. The van der Waals surface area contributed by atoms with E-state index in [1.807, 2.05) is 0 Å². The number of ether oxygens (including phenoxy) is 9. The number of hydrogen-bond acceptors (Lipinski definition) is 32. The number of aliphatic hydroxyl groups excluding tert-OH is 2. The van der Waals surface area contributed by atoms with Crippen LogP contribution in [0.1, 0.15) is 94.3 Å². The number of halogens is 4. The van der Waals surface area contributed by atoms with E-state index in [1.54, 1.807) is 121 Å². The highest BCUT2D eigenvalue weighted by Crippen LogP contribution is 2.53. The minimum atomic E-state index is -3.81. The van der Waals surface area contributed by atoms with Crippen LogP contribution in [-0.2, 0) is 111 Å². The van der Waals surface area contributed by atoms with Crippen molar-refractivity contribution in [1.29, 1.82) is 0 Å². The molecule has 20 atom stereocenters. The van der Waals surface area contributed by atoms with E-state index in [0.29, 0.717) is 16.7 Å². The summed E-state index contributed by atoms with van der Waals surface area (Å²) in [5, 5.41) is 30.3. The fourth-order valence-electron chi connectivity index (χ4n) is 11.7. The van der Waals surface area contributed by atoms with Gasteiger partial charge in [-0.3, -0.25) is 27.6 Å². The van der Waals surface area contributed by atoms with Crippen LogP contribution in [0, 0.1) is 0 Å². The Morgan fingerprint density at radius 1 is 0.432 bits per heavy atom. The summed E-state index contributed by atoms with van der Waals surface area (Å²) in [5.41, 5.74) is 0.372. The first-order valence-electron chi connectivity index (χ1n) is 35.8. The number of Topliss-reactive ketones (excluding diaryl/α,β-unsaturated/α-hetero) is 1. The van der Waals surface area contributed by atoms with Crippen LogP contribution < -0.4 is 5.73 Å². The van der Waals surface area contributed by atoms with E-state index in [1.165, 1.54) is 84.7 Å². The van der Waals surface area contributed by atoms with Crippen LogP contribution in [-0.4, -0.2) is 276 Å². The smallest absolute Gasteiger partial charge is 0.355 e. The maximum Gasteiger partial charge on any atom is 0.355 e. The van der Waals surface area contributed by atoms with Crippen molar-refractivity contribution in [3.05, 3.63) is 144 Å². The number of benzene rings is 4. The van der Waals surface area contributed by atoms with Gasteiger partial charge in [-0.2, -0.15) is 0 Å². The second kappa shape index (κ2) is 51.2. The summed E-state index contributed by atoms with van der Waals surface area (Å²) in [4.78, 5) is 70.1. The number of carbonyl (C=O) groups is 5. The van der Waals surface area contributed by atoms with E-state index in [2.05, 4.69) is 47.5 Å². The molecule has 47 heteroatoms. The number of esters is 4. The average Bonchev–Trinajstić information content (AvgIpc) is 1.66. The third kappa shape index (κ3) is 31.8. The zero-order chi connectivity index (χ0) is 89.4. The van der Waals surface area contributed by atoms with Crippen LogP contribution in [0.2, 0.25) is 29.1 Å². The number of ketones is 1. The number of carbonyl (C=O) groups excluding carboxylic acids is 5. The van der Waals surface area contributed by atoms with Crippen LogP contribution in [0.5, 0.6) is 0 Å². The zero-order valence-corrected chi connectivity index (χ0v) is 76.1. The second-order valence-electron chi connectivity index (χ2n) is 26.8. The summed E-state index contributed by atoms with van der Waals surface area (Å²) < 4.78 is 179. The minimum Gasteiger partial charge on any atom is -0.453 e. The molecule has 0 heterocycles. The van der Waals surface area contributed by atoms with Gasteiger partial charge in [-0.25, -0.2) is 28.0 Å². The lowest BCUT2D eigenvalue weighted by molar-refractivity contribution is -0.129. The first-order chi connectivity index (χ1) is 55.5. The molecule has 4 aromatic carbocycles. The van der Waals surface area contributed by atoms with E-state index in [4.69, 9.17) is 123 Å². The molecule has 5 saturated carbocycles. The maximum absolute atomic E-state index is 15.0. The van der Waals surface area contributed by atoms with Crippen molar-refractivity contribution in [2.45, 2.75) is 166 Å². The molecule has 5 aliphatic carbocycles. The van der Waals surface area contributed by atoms with Gasteiger partial charge < -0.3 is 109 Å². The first kappa shape index (κ1) is 109. The average molecular weight is 1980 g/mol. The van der Waals surface area contributed by atoms with Crippen LogP contribution in [0.25, 0.3) is 0 Å². The molecule has 6 N–H and O–H groups in total. The molecule has 0 aliphatic heterocycles. The van der Waals surface area contributed by atoms with Crippen LogP contribution in [0.4, 0.5) is 8.78 Å². The Bertz CT molecular complexity index is 3830. The fraction of sp³-hybridized carbons (Fsp3) is 0.592. The molecule has 650 valence electrons. The standard InChI is InChI=1S/C16H21BFO6P.C16H22BO7P.C15H20BO7P.C15H18BO7P.C8H15BFO5P.CH5N.I2/c1-16(18)13(17)9-12(23-10-25(20,21-2)22-3)14(16)24-15(19)11-7-5-4-6-8-11;1-16(19)13(17)9-12(23-10-25(20,21-2)22-3)14(16)24-15(18)11-7-5-4-6-8-11;2*1-20-24(19,21-2)9-22-12-8-11(16)13(17)14(12)23-15(18)10-6-4-3-5-7-10;1-8(10)6(9)3-5(7(8)11)15-4-16(12,13)14-2;2*1-2/h4-8,12-14H,9-10H2,1-3H3;4-8,12-14,19H,9-10H2,1-3H3;3-7,11-14,17H,8-9H2,1-2H3;3-7,11-12,14H,8-9H2,1-2H3;5-7,11H,3-4H2,1-2H3,(H,12,13);2H2,1H3;. The second-order valence-corrected chi connectivity index (χ2v) is 37.6. The zero-order valence-electron chi connectivity index (χ0n) is 67.3. The van der Waals surface area contributed by atoms with Crippen molar-refractivity contribution >= 4 is 144 Å². The molecule has 20 unspecified atom stereocenters. The number of aliphatic hydroxyl groups is 3. The SMILES string of the molecule is CN.II.[B]C1CC(OCP(=O)(O)OC)C(O)C1(C)F.[B]C1CC(OCP(=O)(OC)OC)C(OC(=O)c2ccccc2)C1(C)F.[B]C1CC(OCP(=O)(OC)OC)C(OC(=O)c2ccccc2)C1(C)O.[B]C1CC(OCP(=O)(OC)OC)C(OC(=O)c2ccccc2)C1=O.[B]C1CC(OCP(=O)(OC)OC)C(OC(=O)c2ccccc2)C1O. The van der Waals surface area contributed by atoms with Gasteiger partial charge in [0.25, 0.3) is 0 Å². The molecule has 5 aliphatic rings. The number of rotatable bonds is 32. The summed E-state index contributed by atoms with van der Waals surface area (Å²) >= 11 is 4.24. The van der Waals surface area contributed by atoms with Crippen molar-refractivity contribution in [1.82, 2.24) is 0 Å². The molecule has 0 amide bonds. The van der Waals surface area contributed by atoms with E-state index >= 15 is 0 Å². The highest BCUT2D eigenvalue weighted by Gasteiger charge is 2.56. The molecule has 0 spiro atoms. The van der Waals surface area contributed by atoms with E-state index < -0.39 is 194 Å². The monoisotopic (exact) mass is 1980 g/mol. The van der Waals surface area contributed by atoms with Crippen LogP contribution >= 0.6 is 75.2 Å². The van der Waals surface area contributed by atoms with Gasteiger partial charge in [-0.1, -0.05) is 72.8 Å². The number of alkyl halides is 2. The predicted octanol–water partition coefficient (Wildman–Crippen LogP) is 11.0. The molecule has 4 aromatic rings. The third-order valence-electron chi connectivity index (χ3n) is 19.2. The van der Waals surface area contributed by atoms with Gasteiger partial charge >= 0.3 is 61.9 Å². The molecule has 33 nitrogen and oxygen atoms in total. The highest BCUT2D eigenvalue weighted by atomic mass is 128. The Morgan fingerprint density at radius 3 is 1.09 bits per heavy atom. The van der Waals surface area contributed by atoms with Crippen molar-refractivity contribution in [3.8, 4) is 0 Å². The molecule has 5 fully saturated rings. The van der Waals surface area contributed by atoms with E-state index in [9.17, 15) is 70.9 Å². The van der Waals surface area contributed by atoms with E-state index in [-0.39, 0.29) is 56.7 Å². The Morgan fingerprint density at radius 2 is 0.737 bits per heavy atom. The summed E-state index contributed by atoms with van der Waals surface area (Å²) in [6.07, 6.45) is -12.1. The highest BCUT2D eigenvalue weighted by molar-refractivity contribution is 15.0.